The lowest BCUT2D eigenvalue weighted by Gasteiger charge is -2.31. The Morgan fingerprint density at radius 2 is 2.08 bits per heavy atom. The van der Waals surface area contributed by atoms with Gasteiger partial charge in [-0.2, -0.15) is 0 Å². The molecule has 1 aliphatic heterocycles. The summed E-state index contributed by atoms with van der Waals surface area (Å²) in [6.07, 6.45) is 2.22. The average Bonchev–Trinajstić information content (AvgIpc) is 2.68. The molecule has 1 amide bonds. The van der Waals surface area contributed by atoms with Crippen LogP contribution in [0.25, 0.3) is 11.1 Å². The van der Waals surface area contributed by atoms with Gasteiger partial charge < -0.3 is 15.3 Å². The first-order valence-electron chi connectivity index (χ1n) is 9.45. The first kappa shape index (κ1) is 18.6. The summed E-state index contributed by atoms with van der Waals surface area (Å²) in [5, 5.41) is 12.4. The van der Waals surface area contributed by atoms with Crippen molar-refractivity contribution >= 4 is 5.91 Å². The number of carbonyl (C=O) groups is 1. The number of carbonyl (C=O) groups excluding carboxylic acids is 1. The second-order valence-electron chi connectivity index (χ2n) is 7.16. The maximum Gasteiger partial charge on any atom is 0.251 e. The van der Waals surface area contributed by atoms with E-state index in [9.17, 15) is 9.90 Å². The molecule has 4 nitrogen and oxygen atoms in total. The van der Waals surface area contributed by atoms with Crippen molar-refractivity contribution in [3.05, 3.63) is 59.7 Å². The smallest absolute Gasteiger partial charge is 0.251 e. The number of hydrogen-bond acceptors (Lipinski definition) is 3. The molecule has 2 N–H and O–H groups in total. The molecule has 0 aromatic heterocycles. The van der Waals surface area contributed by atoms with Crippen molar-refractivity contribution in [3.8, 4) is 11.1 Å². The number of aliphatic hydroxyl groups excluding tert-OH is 1. The van der Waals surface area contributed by atoms with Crippen LogP contribution in [0, 0.1) is 12.8 Å². The fourth-order valence-corrected chi connectivity index (χ4v) is 3.67. The third kappa shape index (κ3) is 4.71. The van der Waals surface area contributed by atoms with Crippen LogP contribution in [0.3, 0.4) is 0 Å². The third-order valence-electron chi connectivity index (χ3n) is 5.08. The van der Waals surface area contributed by atoms with Gasteiger partial charge in [-0.1, -0.05) is 48.0 Å². The van der Waals surface area contributed by atoms with Crippen molar-refractivity contribution in [2.75, 3.05) is 32.8 Å². The Bertz CT molecular complexity index is 744. The van der Waals surface area contributed by atoms with Crippen LogP contribution < -0.4 is 5.32 Å². The molecule has 1 saturated heterocycles. The number of benzene rings is 2. The molecule has 0 saturated carbocycles. The number of hydrogen-bond donors (Lipinski definition) is 2. The van der Waals surface area contributed by atoms with Crippen LogP contribution in [0.15, 0.2) is 48.5 Å². The highest BCUT2D eigenvalue weighted by molar-refractivity contribution is 6.00. The van der Waals surface area contributed by atoms with E-state index in [-0.39, 0.29) is 12.5 Å². The van der Waals surface area contributed by atoms with Gasteiger partial charge in [-0.15, -0.1) is 0 Å². The standard InChI is InChI=1S/C22H28N2O2/c1-17-6-4-8-19(14-17)20-9-2-3-10-21(20)22(26)23-11-13-24-12-5-7-18(15-24)16-25/h2-4,6,8-10,14,18,25H,5,7,11-13,15-16H2,1H3,(H,23,26)/t18-/m1/s1. The summed E-state index contributed by atoms with van der Waals surface area (Å²) in [6, 6.07) is 16.0. The monoisotopic (exact) mass is 352 g/mol. The Morgan fingerprint density at radius 1 is 1.23 bits per heavy atom. The van der Waals surface area contributed by atoms with Gasteiger partial charge in [-0.3, -0.25) is 4.79 Å². The predicted octanol–water partition coefficient (Wildman–Crippen LogP) is 3.10. The van der Waals surface area contributed by atoms with Crippen molar-refractivity contribution < 1.29 is 9.90 Å². The Balaban J connectivity index is 1.62. The minimum atomic E-state index is -0.0298. The van der Waals surface area contributed by atoms with Gasteiger partial charge in [0.1, 0.15) is 0 Å². The van der Waals surface area contributed by atoms with Gasteiger partial charge in [-0.25, -0.2) is 0 Å². The Hall–Kier alpha value is -2.17. The van der Waals surface area contributed by atoms with Crippen molar-refractivity contribution in [1.82, 2.24) is 10.2 Å². The first-order chi connectivity index (χ1) is 12.7. The highest BCUT2D eigenvalue weighted by Gasteiger charge is 2.19. The second-order valence-corrected chi connectivity index (χ2v) is 7.16. The molecule has 1 atom stereocenters. The lowest BCUT2D eigenvalue weighted by atomic mass is 9.98. The summed E-state index contributed by atoms with van der Waals surface area (Å²) < 4.78 is 0. The fourth-order valence-electron chi connectivity index (χ4n) is 3.67. The van der Waals surface area contributed by atoms with Gasteiger partial charge in [0.25, 0.3) is 5.91 Å². The van der Waals surface area contributed by atoms with Gasteiger partial charge in [0, 0.05) is 31.8 Å². The van der Waals surface area contributed by atoms with Gasteiger partial charge >= 0.3 is 0 Å². The fraction of sp³-hybridized carbons (Fsp3) is 0.409. The quantitative estimate of drug-likeness (QED) is 0.840. The maximum atomic E-state index is 12.7. The molecule has 0 unspecified atom stereocenters. The van der Waals surface area contributed by atoms with Crippen molar-refractivity contribution in [3.63, 3.8) is 0 Å². The molecular formula is C22H28N2O2. The largest absolute Gasteiger partial charge is 0.396 e. The van der Waals surface area contributed by atoms with Crippen LogP contribution in [0.5, 0.6) is 0 Å². The van der Waals surface area contributed by atoms with E-state index in [1.165, 1.54) is 5.56 Å². The summed E-state index contributed by atoms with van der Waals surface area (Å²) in [4.78, 5) is 15.0. The van der Waals surface area contributed by atoms with E-state index < -0.39 is 0 Å². The molecule has 4 heteroatoms. The molecule has 26 heavy (non-hydrogen) atoms. The molecule has 0 bridgehead atoms. The topological polar surface area (TPSA) is 52.6 Å². The van der Waals surface area contributed by atoms with E-state index >= 15 is 0 Å². The molecule has 0 radical (unpaired) electrons. The van der Waals surface area contributed by atoms with Crippen LogP contribution in [-0.2, 0) is 0 Å². The second kappa shape index (κ2) is 8.97. The SMILES string of the molecule is Cc1cccc(-c2ccccc2C(=O)NCCN2CCC[C@@H](CO)C2)c1. The summed E-state index contributed by atoms with van der Waals surface area (Å²) in [7, 11) is 0. The van der Waals surface area contributed by atoms with E-state index in [4.69, 9.17) is 0 Å². The lowest BCUT2D eigenvalue weighted by molar-refractivity contribution is 0.0931. The summed E-state index contributed by atoms with van der Waals surface area (Å²) in [6.45, 7) is 5.74. The van der Waals surface area contributed by atoms with E-state index in [1.807, 2.05) is 36.4 Å². The number of rotatable bonds is 6. The van der Waals surface area contributed by atoms with Crippen molar-refractivity contribution in [2.45, 2.75) is 19.8 Å². The van der Waals surface area contributed by atoms with Crippen molar-refractivity contribution in [2.24, 2.45) is 5.92 Å². The van der Waals surface area contributed by atoms with Crippen LogP contribution >= 0.6 is 0 Å². The minimum absolute atomic E-state index is 0.0298. The normalized spacial score (nSPS) is 17.8. The molecular weight excluding hydrogens is 324 g/mol. The third-order valence-corrected chi connectivity index (χ3v) is 5.08. The van der Waals surface area contributed by atoms with E-state index in [0.717, 1.165) is 43.6 Å². The molecule has 2 aromatic rings. The van der Waals surface area contributed by atoms with Gasteiger partial charge in [-0.05, 0) is 49.4 Å². The Morgan fingerprint density at radius 3 is 2.88 bits per heavy atom. The first-order valence-corrected chi connectivity index (χ1v) is 9.45. The van der Waals surface area contributed by atoms with Gasteiger partial charge in [0.05, 0.1) is 0 Å². The van der Waals surface area contributed by atoms with Crippen LogP contribution in [-0.4, -0.2) is 48.7 Å². The van der Waals surface area contributed by atoms with Gasteiger partial charge in [0.15, 0.2) is 0 Å². The van der Waals surface area contributed by atoms with Gasteiger partial charge in [0.2, 0.25) is 0 Å². The molecule has 1 fully saturated rings. The molecule has 1 aliphatic rings. The average molecular weight is 352 g/mol. The van der Waals surface area contributed by atoms with Crippen LogP contribution in [0.4, 0.5) is 0 Å². The predicted molar refractivity (Wildman–Crippen MR) is 105 cm³/mol. The summed E-state index contributed by atoms with van der Waals surface area (Å²) in [5.74, 6) is 0.347. The number of amides is 1. The zero-order valence-electron chi connectivity index (χ0n) is 15.4. The Kier molecular flexibility index (Phi) is 6.42. The number of aryl methyl sites for hydroxylation is 1. The zero-order valence-corrected chi connectivity index (χ0v) is 15.4. The van der Waals surface area contributed by atoms with Crippen LogP contribution in [0.2, 0.25) is 0 Å². The maximum absolute atomic E-state index is 12.7. The Labute approximate surface area is 155 Å². The van der Waals surface area contributed by atoms with E-state index in [2.05, 4.69) is 29.3 Å². The van der Waals surface area contributed by atoms with E-state index in [0.29, 0.717) is 18.0 Å². The molecule has 3 rings (SSSR count). The number of likely N-dealkylation sites (tertiary alicyclic amines) is 1. The minimum Gasteiger partial charge on any atom is -0.396 e. The molecule has 0 aliphatic carbocycles. The number of nitrogens with one attached hydrogen (secondary N) is 1. The number of aliphatic hydroxyl groups is 1. The molecule has 1 heterocycles. The van der Waals surface area contributed by atoms with Crippen molar-refractivity contribution in [1.29, 1.82) is 0 Å². The number of piperidine rings is 1. The zero-order chi connectivity index (χ0) is 18.4. The van der Waals surface area contributed by atoms with Crippen LogP contribution in [0.1, 0.15) is 28.8 Å². The summed E-state index contributed by atoms with van der Waals surface area (Å²) in [5.41, 5.74) is 3.93. The highest BCUT2D eigenvalue weighted by atomic mass is 16.3. The highest BCUT2D eigenvalue weighted by Crippen LogP contribution is 2.24. The number of nitrogens with zero attached hydrogens (tertiary/aromatic N) is 1. The summed E-state index contributed by atoms with van der Waals surface area (Å²) >= 11 is 0. The molecule has 2 aromatic carbocycles. The molecule has 0 spiro atoms. The molecule has 138 valence electrons. The lowest BCUT2D eigenvalue weighted by Crippen LogP contribution is -2.41. The van der Waals surface area contributed by atoms with E-state index in [1.54, 1.807) is 0 Å².